The van der Waals surface area contributed by atoms with Crippen LogP contribution in [-0.4, -0.2) is 47.7 Å². The van der Waals surface area contributed by atoms with Crippen LogP contribution < -0.4 is 5.32 Å². The van der Waals surface area contributed by atoms with Gasteiger partial charge < -0.3 is 20.3 Å². The van der Waals surface area contributed by atoms with E-state index in [1.807, 2.05) is 5.32 Å². The normalized spacial score (nSPS) is 13.0. The molecule has 94 valence electrons. The third-order valence-electron chi connectivity index (χ3n) is 1.34. The molecule has 0 aliphatic rings. The van der Waals surface area contributed by atoms with E-state index in [1.54, 1.807) is 0 Å². The molecule has 6 nitrogen and oxygen atoms in total. The van der Waals surface area contributed by atoms with E-state index < -0.39 is 30.9 Å². The molecule has 0 heterocycles. The summed E-state index contributed by atoms with van der Waals surface area (Å²) in [5.74, 6) is -1.48. The van der Waals surface area contributed by atoms with Crippen LogP contribution in [0.3, 0.4) is 0 Å². The molecule has 0 saturated heterocycles. The van der Waals surface area contributed by atoms with Gasteiger partial charge in [0.2, 0.25) is 0 Å². The number of carbonyl (C=O) groups is 2. The monoisotopic (exact) mass is 245 g/mol. The van der Waals surface area contributed by atoms with Gasteiger partial charge in [0.25, 0.3) is 0 Å². The van der Waals surface area contributed by atoms with Crippen LogP contribution in [0.5, 0.6) is 0 Å². The summed E-state index contributed by atoms with van der Waals surface area (Å²) >= 11 is 0. The number of aliphatic hydroxyl groups excluding tert-OH is 1. The predicted molar refractivity (Wildman–Crippen MR) is 43.7 cm³/mol. The van der Waals surface area contributed by atoms with E-state index in [0.717, 1.165) is 0 Å². The van der Waals surface area contributed by atoms with Gasteiger partial charge >= 0.3 is 18.2 Å². The van der Waals surface area contributed by atoms with E-state index in [2.05, 4.69) is 4.74 Å². The first-order valence-corrected chi connectivity index (χ1v) is 4.10. The summed E-state index contributed by atoms with van der Waals surface area (Å²) in [6, 6.07) is 0. The number of carboxylic acid groups (broad SMARTS) is 1. The van der Waals surface area contributed by atoms with Crippen LogP contribution in [0, 0.1) is 0 Å². The van der Waals surface area contributed by atoms with Gasteiger partial charge in [-0.3, -0.25) is 0 Å². The lowest BCUT2D eigenvalue weighted by atomic mass is 10.2. The number of alkyl carbamates (subject to hydrolysis) is 1. The maximum absolute atomic E-state index is 11.5. The summed E-state index contributed by atoms with van der Waals surface area (Å²) in [4.78, 5) is 20.7. The fourth-order valence-corrected chi connectivity index (χ4v) is 0.633. The number of aliphatic carboxylic acids is 1. The van der Waals surface area contributed by atoms with Crippen molar-refractivity contribution in [2.75, 3.05) is 13.2 Å². The topological polar surface area (TPSA) is 95.9 Å². The first-order chi connectivity index (χ1) is 7.22. The number of hydrogen-bond donors (Lipinski definition) is 3. The van der Waals surface area contributed by atoms with E-state index in [4.69, 9.17) is 10.2 Å². The Kier molecular flexibility index (Phi) is 5.57. The Morgan fingerprint density at radius 3 is 2.38 bits per heavy atom. The average molecular weight is 245 g/mol. The SMILES string of the molecule is O=C(NCCC(O)C(=O)O)OCC(F)(F)F. The number of aliphatic hydroxyl groups is 1. The molecule has 0 rings (SSSR count). The van der Waals surface area contributed by atoms with Gasteiger partial charge in [-0.25, -0.2) is 9.59 Å². The van der Waals surface area contributed by atoms with Crippen LogP contribution in [0.1, 0.15) is 6.42 Å². The minimum absolute atomic E-state index is 0.301. The van der Waals surface area contributed by atoms with Crippen molar-refractivity contribution in [1.29, 1.82) is 0 Å². The van der Waals surface area contributed by atoms with Crippen molar-refractivity contribution in [3.8, 4) is 0 Å². The fraction of sp³-hybridized carbons (Fsp3) is 0.714. The molecule has 0 saturated carbocycles. The summed E-state index contributed by atoms with van der Waals surface area (Å²) in [7, 11) is 0. The number of ether oxygens (including phenoxy) is 1. The first-order valence-electron chi connectivity index (χ1n) is 4.10. The van der Waals surface area contributed by atoms with Gasteiger partial charge in [0.1, 0.15) is 0 Å². The van der Waals surface area contributed by atoms with Crippen molar-refractivity contribution in [2.45, 2.75) is 18.7 Å². The second-order valence-electron chi connectivity index (χ2n) is 2.76. The first kappa shape index (κ1) is 14.5. The van der Waals surface area contributed by atoms with Crippen LogP contribution in [0.25, 0.3) is 0 Å². The molecule has 0 fully saturated rings. The van der Waals surface area contributed by atoms with Crippen LogP contribution in [0.4, 0.5) is 18.0 Å². The number of nitrogens with one attached hydrogen (secondary N) is 1. The number of hydrogen-bond acceptors (Lipinski definition) is 4. The average Bonchev–Trinajstić information content (AvgIpc) is 2.13. The molecule has 0 aromatic heterocycles. The lowest BCUT2D eigenvalue weighted by molar-refractivity contribution is -0.160. The third-order valence-corrected chi connectivity index (χ3v) is 1.34. The number of carboxylic acids is 1. The molecule has 1 unspecified atom stereocenters. The van der Waals surface area contributed by atoms with Gasteiger partial charge in [-0.05, 0) is 0 Å². The van der Waals surface area contributed by atoms with Crippen molar-refractivity contribution in [3.63, 3.8) is 0 Å². The molecule has 0 aliphatic carbocycles. The highest BCUT2D eigenvalue weighted by Crippen LogP contribution is 2.14. The van der Waals surface area contributed by atoms with Crippen molar-refractivity contribution < 1.29 is 37.7 Å². The number of amides is 1. The molecular weight excluding hydrogens is 235 g/mol. The zero-order valence-corrected chi connectivity index (χ0v) is 7.95. The lowest BCUT2D eigenvalue weighted by Crippen LogP contribution is -2.32. The maximum Gasteiger partial charge on any atom is 0.422 e. The van der Waals surface area contributed by atoms with Crippen LogP contribution in [-0.2, 0) is 9.53 Å². The van der Waals surface area contributed by atoms with Gasteiger partial charge in [0.15, 0.2) is 12.7 Å². The van der Waals surface area contributed by atoms with Crippen LogP contribution in [0.15, 0.2) is 0 Å². The van der Waals surface area contributed by atoms with E-state index in [9.17, 15) is 22.8 Å². The van der Waals surface area contributed by atoms with E-state index >= 15 is 0 Å². The quantitative estimate of drug-likeness (QED) is 0.638. The molecule has 16 heavy (non-hydrogen) atoms. The molecule has 9 heteroatoms. The van der Waals surface area contributed by atoms with E-state index in [-0.39, 0.29) is 13.0 Å². The number of halogens is 3. The zero-order valence-electron chi connectivity index (χ0n) is 7.95. The zero-order chi connectivity index (χ0) is 12.8. The van der Waals surface area contributed by atoms with Crippen molar-refractivity contribution >= 4 is 12.1 Å². The molecule has 0 aromatic carbocycles. The van der Waals surface area contributed by atoms with E-state index in [0.29, 0.717) is 0 Å². The fourth-order valence-electron chi connectivity index (χ4n) is 0.633. The van der Waals surface area contributed by atoms with Crippen molar-refractivity contribution in [1.82, 2.24) is 5.32 Å². The van der Waals surface area contributed by atoms with E-state index in [1.165, 1.54) is 0 Å². The smallest absolute Gasteiger partial charge is 0.422 e. The number of carbonyl (C=O) groups excluding carboxylic acids is 1. The summed E-state index contributed by atoms with van der Waals surface area (Å²) in [5, 5.41) is 18.8. The Balaban J connectivity index is 3.63. The van der Waals surface area contributed by atoms with Gasteiger partial charge in [0, 0.05) is 13.0 Å². The molecular formula is C7H10F3NO5. The molecule has 0 spiro atoms. The predicted octanol–water partition coefficient (Wildman–Crippen LogP) is 0.111. The van der Waals surface area contributed by atoms with Crippen molar-refractivity contribution in [2.24, 2.45) is 0 Å². The summed E-state index contributed by atoms with van der Waals surface area (Å²) < 4.78 is 38.4. The van der Waals surface area contributed by atoms with Crippen LogP contribution >= 0.6 is 0 Å². The molecule has 3 N–H and O–H groups in total. The Bertz CT molecular complexity index is 255. The molecule has 0 aliphatic heterocycles. The standard InChI is InChI=1S/C7H10F3NO5/c8-7(9,10)3-16-6(15)11-2-1-4(12)5(13)14/h4,12H,1-3H2,(H,11,15)(H,13,14). The molecule has 1 atom stereocenters. The second-order valence-corrected chi connectivity index (χ2v) is 2.76. The number of alkyl halides is 3. The minimum Gasteiger partial charge on any atom is -0.479 e. The van der Waals surface area contributed by atoms with Gasteiger partial charge in [-0.1, -0.05) is 0 Å². The van der Waals surface area contributed by atoms with Gasteiger partial charge in [-0.2, -0.15) is 13.2 Å². The Morgan fingerprint density at radius 2 is 1.94 bits per heavy atom. The summed E-state index contributed by atoms with van der Waals surface area (Å²) in [6.07, 6.45) is -7.94. The maximum atomic E-state index is 11.5. The minimum atomic E-state index is -4.61. The highest BCUT2D eigenvalue weighted by molar-refractivity contribution is 5.72. The van der Waals surface area contributed by atoms with Gasteiger partial charge in [-0.15, -0.1) is 0 Å². The Hall–Kier alpha value is -1.51. The molecule has 0 aromatic rings. The Labute approximate surface area is 88.0 Å². The highest BCUT2D eigenvalue weighted by Gasteiger charge is 2.29. The summed E-state index contributed by atoms with van der Waals surface area (Å²) in [5.41, 5.74) is 0. The van der Waals surface area contributed by atoms with Crippen LogP contribution in [0.2, 0.25) is 0 Å². The Morgan fingerprint density at radius 1 is 1.38 bits per heavy atom. The second kappa shape index (κ2) is 6.16. The molecule has 1 amide bonds. The lowest BCUT2D eigenvalue weighted by Gasteiger charge is -2.09. The van der Waals surface area contributed by atoms with Crippen molar-refractivity contribution in [3.05, 3.63) is 0 Å². The third kappa shape index (κ3) is 7.85. The number of rotatable bonds is 5. The van der Waals surface area contributed by atoms with Gasteiger partial charge in [0.05, 0.1) is 0 Å². The highest BCUT2D eigenvalue weighted by atomic mass is 19.4. The largest absolute Gasteiger partial charge is 0.479 e. The summed E-state index contributed by atoms with van der Waals surface area (Å²) in [6.45, 7) is -2.02. The molecule has 0 bridgehead atoms. The molecule has 0 radical (unpaired) electrons.